The third-order valence-corrected chi connectivity index (χ3v) is 6.03. The van der Waals surface area contributed by atoms with E-state index in [9.17, 15) is 0 Å². The van der Waals surface area contributed by atoms with Crippen molar-refractivity contribution in [1.29, 1.82) is 0 Å². The van der Waals surface area contributed by atoms with Gasteiger partial charge in [0.2, 0.25) is 0 Å². The SMILES string of the molecule is CC(C#Cc1ccccc1)(C1=CC=CC1)c1cccc2c1Cc1ccccc1-2.[Cl-].[Cl-].[Zr+2]. The Labute approximate surface area is 216 Å². The number of benzene rings is 3. The first-order valence-corrected chi connectivity index (χ1v) is 9.91. The van der Waals surface area contributed by atoms with Crippen LogP contribution < -0.4 is 24.8 Å². The zero-order valence-electron chi connectivity index (χ0n) is 17.3. The van der Waals surface area contributed by atoms with E-state index < -0.39 is 0 Å². The minimum atomic E-state index is -0.299. The summed E-state index contributed by atoms with van der Waals surface area (Å²) in [5, 5.41) is 0. The zero-order chi connectivity index (χ0) is 19.0. The van der Waals surface area contributed by atoms with Crippen molar-refractivity contribution in [1.82, 2.24) is 0 Å². The molecular weight excluding hydrogens is 498 g/mol. The Bertz CT molecular complexity index is 1180. The van der Waals surface area contributed by atoms with Gasteiger partial charge in [-0.3, -0.25) is 0 Å². The molecule has 1 atom stereocenters. The van der Waals surface area contributed by atoms with E-state index >= 15 is 0 Å². The van der Waals surface area contributed by atoms with Crippen LogP contribution in [-0.4, -0.2) is 0 Å². The molecule has 3 heteroatoms. The first kappa shape index (κ1) is 25.4. The predicted molar refractivity (Wildman–Crippen MR) is 117 cm³/mol. The Kier molecular flexibility index (Phi) is 8.74. The maximum Gasteiger partial charge on any atom is 2.00 e. The fourth-order valence-corrected chi connectivity index (χ4v) is 4.48. The van der Waals surface area contributed by atoms with Crippen LogP contribution in [0.3, 0.4) is 0 Å². The van der Waals surface area contributed by atoms with Gasteiger partial charge >= 0.3 is 26.2 Å². The molecule has 0 saturated carbocycles. The van der Waals surface area contributed by atoms with Gasteiger partial charge in [-0.1, -0.05) is 90.7 Å². The van der Waals surface area contributed by atoms with Crippen LogP contribution >= 0.6 is 0 Å². The summed E-state index contributed by atoms with van der Waals surface area (Å²) in [6.45, 7) is 2.29. The van der Waals surface area contributed by atoms with Crippen LogP contribution in [-0.2, 0) is 38.0 Å². The van der Waals surface area contributed by atoms with Gasteiger partial charge in [0.15, 0.2) is 0 Å². The Balaban J connectivity index is 0.00000114. The Hall–Kier alpha value is -1.84. The third kappa shape index (κ3) is 4.68. The number of rotatable bonds is 2. The van der Waals surface area contributed by atoms with E-state index in [0.29, 0.717) is 0 Å². The predicted octanol–water partition coefficient (Wildman–Crippen LogP) is 0.459. The van der Waals surface area contributed by atoms with Crippen molar-refractivity contribution in [3.05, 3.63) is 119 Å². The largest absolute Gasteiger partial charge is 2.00 e. The molecule has 1 unspecified atom stereocenters. The van der Waals surface area contributed by atoms with Crippen LogP contribution in [0.1, 0.15) is 35.6 Å². The van der Waals surface area contributed by atoms with E-state index in [1.807, 2.05) is 6.07 Å². The fraction of sp³-hybridized carbons (Fsp3) is 0.143. The minimum Gasteiger partial charge on any atom is -1.00 e. The average Bonchev–Trinajstić information content (AvgIpc) is 3.41. The number of halogens is 2. The molecule has 3 aromatic carbocycles. The smallest absolute Gasteiger partial charge is 1.00 e. The van der Waals surface area contributed by atoms with Gasteiger partial charge in [-0.15, -0.1) is 0 Å². The van der Waals surface area contributed by atoms with Crippen LogP contribution in [0.4, 0.5) is 0 Å². The Morgan fingerprint density at radius 3 is 2.26 bits per heavy atom. The molecule has 152 valence electrons. The van der Waals surface area contributed by atoms with E-state index in [4.69, 9.17) is 0 Å². The molecule has 0 radical (unpaired) electrons. The van der Waals surface area contributed by atoms with E-state index in [1.54, 1.807) is 0 Å². The molecule has 0 spiro atoms. The van der Waals surface area contributed by atoms with E-state index in [0.717, 1.165) is 18.4 Å². The molecule has 0 saturated heterocycles. The van der Waals surface area contributed by atoms with Crippen molar-refractivity contribution < 1.29 is 51.0 Å². The summed E-state index contributed by atoms with van der Waals surface area (Å²) in [6, 6.07) is 25.8. The quantitative estimate of drug-likeness (QED) is 0.337. The molecule has 5 rings (SSSR count). The van der Waals surface area contributed by atoms with Crippen LogP contribution in [0, 0.1) is 11.8 Å². The molecule has 0 fully saturated rings. The van der Waals surface area contributed by atoms with Crippen LogP contribution in [0.25, 0.3) is 11.1 Å². The standard InChI is InChI=1S/C28H22.2ClH.Zr/c1-28(23-13-6-7-14-23,19-18-21-10-3-2-4-11-21)27-17-9-16-25-24-15-8-5-12-22(24)20-26(25)27;;;/h2-13,15-17H,14,20H2,1H3;2*1H;/q;;;+2/p-2. The van der Waals surface area contributed by atoms with E-state index in [2.05, 4.69) is 104 Å². The van der Waals surface area contributed by atoms with Gasteiger partial charge in [-0.25, -0.2) is 0 Å². The van der Waals surface area contributed by atoms with Crippen LogP contribution in [0.5, 0.6) is 0 Å². The molecular formula is C28H22Cl2Zr. The molecule has 0 heterocycles. The number of fused-ring (bicyclic) bond motifs is 3. The molecule has 2 aliphatic rings. The van der Waals surface area contributed by atoms with Gasteiger partial charge in [0.1, 0.15) is 0 Å². The average molecular weight is 521 g/mol. The van der Waals surface area contributed by atoms with E-state index in [1.165, 1.54) is 33.4 Å². The topological polar surface area (TPSA) is 0 Å². The monoisotopic (exact) mass is 518 g/mol. The van der Waals surface area contributed by atoms with Gasteiger partial charge in [0, 0.05) is 5.56 Å². The van der Waals surface area contributed by atoms with Crippen molar-refractivity contribution in [2.75, 3.05) is 0 Å². The third-order valence-electron chi connectivity index (χ3n) is 6.03. The Morgan fingerprint density at radius 1 is 0.806 bits per heavy atom. The summed E-state index contributed by atoms with van der Waals surface area (Å²) in [7, 11) is 0. The second-order valence-electron chi connectivity index (χ2n) is 7.73. The van der Waals surface area contributed by atoms with Gasteiger partial charge in [0.05, 0.1) is 5.41 Å². The van der Waals surface area contributed by atoms with Crippen LogP contribution in [0.2, 0.25) is 0 Å². The number of hydrogen-bond donors (Lipinski definition) is 0. The summed E-state index contributed by atoms with van der Waals surface area (Å²) < 4.78 is 0. The summed E-state index contributed by atoms with van der Waals surface area (Å²) >= 11 is 0. The molecule has 0 N–H and O–H groups in total. The van der Waals surface area contributed by atoms with Gasteiger partial charge in [-0.05, 0) is 65.3 Å². The van der Waals surface area contributed by atoms with Gasteiger partial charge < -0.3 is 24.8 Å². The van der Waals surface area contributed by atoms with Crippen molar-refractivity contribution in [2.24, 2.45) is 0 Å². The molecule has 0 amide bonds. The molecule has 0 aliphatic heterocycles. The molecule has 3 aromatic rings. The molecule has 31 heavy (non-hydrogen) atoms. The second kappa shape index (κ2) is 10.7. The van der Waals surface area contributed by atoms with Crippen molar-refractivity contribution in [2.45, 2.75) is 25.2 Å². The van der Waals surface area contributed by atoms with Gasteiger partial charge in [0.25, 0.3) is 0 Å². The zero-order valence-corrected chi connectivity index (χ0v) is 21.3. The summed E-state index contributed by atoms with van der Waals surface area (Å²) in [6.07, 6.45) is 8.61. The number of hydrogen-bond acceptors (Lipinski definition) is 0. The van der Waals surface area contributed by atoms with Crippen LogP contribution in [0.15, 0.2) is 96.6 Å². The summed E-state index contributed by atoms with van der Waals surface area (Å²) in [5.74, 6) is 7.12. The number of allylic oxidation sites excluding steroid dienone is 4. The fourth-order valence-electron chi connectivity index (χ4n) is 4.48. The molecule has 0 aromatic heterocycles. The first-order valence-electron chi connectivity index (χ1n) is 9.91. The van der Waals surface area contributed by atoms with Crippen molar-refractivity contribution >= 4 is 0 Å². The molecule has 0 bridgehead atoms. The minimum absolute atomic E-state index is 0. The first-order chi connectivity index (χ1) is 13.8. The van der Waals surface area contributed by atoms with Gasteiger partial charge in [-0.2, -0.15) is 0 Å². The maximum absolute atomic E-state index is 3.67. The molecule has 0 nitrogen and oxygen atoms in total. The van der Waals surface area contributed by atoms with E-state index in [-0.39, 0.29) is 56.4 Å². The Morgan fingerprint density at radius 2 is 1.52 bits per heavy atom. The van der Waals surface area contributed by atoms with Crippen molar-refractivity contribution in [3.63, 3.8) is 0 Å². The molecule has 2 aliphatic carbocycles. The van der Waals surface area contributed by atoms with Crippen molar-refractivity contribution in [3.8, 4) is 23.0 Å². The normalized spacial score (nSPS) is 14.3. The summed E-state index contributed by atoms with van der Waals surface area (Å²) in [4.78, 5) is 0. The summed E-state index contributed by atoms with van der Waals surface area (Å²) in [5.41, 5.74) is 9.08. The maximum atomic E-state index is 3.67. The second-order valence-corrected chi connectivity index (χ2v) is 7.73.